The van der Waals surface area contributed by atoms with E-state index in [2.05, 4.69) is 21.0 Å². The molecule has 1 aromatic carbocycles. The van der Waals surface area contributed by atoms with Crippen LogP contribution in [0.4, 0.5) is 0 Å². The van der Waals surface area contributed by atoms with Crippen molar-refractivity contribution < 1.29 is 17.5 Å². The molecule has 0 aliphatic rings. The van der Waals surface area contributed by atoms with Crippen LogP contribution in [0.5, 0.6) is 0 Å². The van der Waals surface area contributed by atoms with E-state index in [1.807, 2.05) is 0 Å². The molecule has 186 valence electrons. The molecule has 0 spiro atoms. The summed E-state index contributed by atoms with van der Waals surface area (Å²) in [6.45, 7) is 4.24. The van der Waals surface area contributed by atoms with Crippen LogP contribution < -0.4 is 0 Å². The third kappa shape index (κ3) is 15.0. The Labute approximate surface area is 199 Å². The maximum absolute atomic E-state index is 11.0. The second-order valence-corrected chi connectivity index (χ2v) is 11.6. The molecule has 0 aromatic heterocycles. The molecule has 0 saturated heterocycles. The van der Waals surface area contributed by atoms with Crippen molar-refractivity contribution in [2.45, 2.75) is 121 Å². The van der Waals surface area contributed by atoms with E-state index in [1.165, 1.54) is 115 Å². The van der Waals surface area contributed by atoms with Crippen LogP contribution in [-0.4, -0.2) is 38.1 Å². The average molecular weight is 468 g/mol. The first kappa shape index (κ1) is 29.1. The maximum Gasteiger partial charge on any atom is 0.124 e. The number of unbranched alkanes of at least 4 members (excludes halogenated alkanes) is 15. The SMILES string of the molecule is CCCCCCCCCCCCCCCCCC[N+](C)(C)Cc1ccc(S(=O)(=O)[O-])cc1. The van der Waals surface area contributed by atoms with Crippen LogP contribution in [0.3, 0.4) is 0 Å². The topological polar surface area (TPSA) is 57.2 Å². The largest absolute Gasteiger partial charge is 0.744 e. The third-order valence-electron chi connectivity index (χ3n) is 6.44. The molecule has 0 unspecified atom stereocenters. The van der Waals surface area contributed by atoms with E-state index < -0.39 is 10.1 Å². The summed E-state index contributed by atoms with van der Waals surface area (Å²) < 4.78 is 34.0. The smallest absolute Gasteiger partial charge is 0.124 e. The van der Waals surface area contributed by atoms with Gasteiger partial charge >= 0.3 is 0 Å². The quantitative estimate of drug-likeness (QED) is 0.114. The van der Waals surface area contributed by atoms with Gasteiger partial charge in [0.15, 0.2) is 0 Å². The maximum atomic E-state index is 11.0. The fourth-order valence-corrected chi connectivity index (χ4v) is 4.89. The summed E-state index contributed by atoms with van der Waals surface area (Å²) in [6.07, 6.45) is 22.1. The number of hydrogen-bond acceptors (Lipinski definition) is 3. The molecule has 32 heavy (non-hydrogen) atoms. The van der Waals surface area contributed by atoms with Crippen molar-refractivity contribution in [3.8, 4) is 0 Å². The monoisotopic (exact) mass is 467 g/mol. The van der Waals surface area contributed by atoms with Crippen LogP contribution in [0.15, 0.2) is 29.2 Å². The number of rotatable bonds is 20. The Morgan fingerprint density at radius 1 is 0.656 bits per heavy atom. The first-order valence-corrected chi connectivity index (χ1v) is 14.5. The first-order chi connectivity index (χ1) is 15.2. The molecular weight excluding hydrogens is 418 g/mol. The minimum Gasteiger partial charge on any atom is -0.744 e. The van der Waals surface area contributed by atoms with Crippen molar-refractivity contribution in [2.75, 3.05) is 20.6 Å². The molecule has 0 aliphatic carbocycles. The highest BCUT2D eigenvalue weighted by Gasteiger charge is 2.15. The van der Waals surface area contributed by atoms with Gasteiger partial charge in [-0.2, -0.15) is 0 Å². The predicted molar refractivity (Wildman–Crippen MR) is 135 cm³/mol. The van der Waals surface area contributed by atoms with E-state index in [4.69, 9.17) is 0 Å². The molecule has 4 nitrogen and oxygen atoms in total. The molecular formula is C27H49NO3S. The lowest BCUT2D eigenvalue weighted by atomic mass is 10.0. The summed E-state index contributed by atoms with van der Waals surface area (Å²) in [5.74, 6) is 0. The van der Waals surface area contributed by atoms with E-state index >= 15 is 0 Å². The van der Waals surface area contributed by atoms with Crippen molar-refractivity contribution in [1.29, 1.82) is 0 Å². The number of benzene rings is 1. The Balaban J connectivity index is 1.98. The molecule has 0 aliphatic heterocycles. The predicted octanol–water partition coefficient (Wildman–Crippen LogP) is 7.43. The minimum atomic E-state index is -4.36. The van der Waals surface area contributed by atoms with Gasteiger partial charge in [-0.25, -0.2) is 8.42 Å². The van der Waals surface area contributed by atoms with Gasteiger partial charge in [0.25, 0.3) is 0 Å². The van der Waals surface area contributed by atoms with Crippen molar-refractivity contribution >= 4 is 10.1 Å². The highest BCUT2D eigenvalue weighted by molar-refractivity contribution is 7.85. The zero-order chi connectivity index (χ0) is 23.7. The van der Waals surface area contributed by atoms with Crippen molar-refractivity contribution in [3.63, 3.8) is 0 Å². The zero-order valence-corrected chi connectivity index (χ0v) is 21.9. The lowest BCUT2D eigenvalue weighted by Gasteiger charge is -2.30. The van der Waals surface area contributed by atoms with Gasteiger partial charge < -0.3 is 9.04 Å². The summed E-state index contributed by atoms with van der Waals surface area (Å²) in [5, 5.41) is 0. The Morgan fingerprint density at radius 2 is 1.03 bits per heavy atom. The molecule has 1 rings (SSSR count). The van der Waals surface area contributed by atoms with E-state index in [-0.39, 0.29) is 4.90 Å². The van der Waals surface area contributed by atoms with Crippen LogP contribution in [0.1, 0.15) is 115 Å². The normalized spacial score (nSPS) is 12.4. The highest BCUT2D eigenvalue weighted by atomic mass is 32.2. The van der Waals surface area contributed by atoms with Gasteiger partial charge in [0.1, 0.15) is 16.7 Å². The lowest BCUT2D eigenvalue weighted by molar-refractivity contribution is -0.903. The van der Waals surface area contributed by atoms with Crippen molar-refractivity contribution in [1.82, 2.24) is 0 Å². The lowest BCUT2D eigenvalue weighted by Crippen LogP contribution is -2.39. The Kier molecular flexibility index (Phi) is 15.2. The summed E-state index contributed by atoms with van der Waals surface area (Å²) in [5.41, 5.74) is 1.07. The number of quaternary nitrogens is 1. The summed E-state index contributed by atoms with van der Waals surface area (Å²) in [4.78, 5) is -0.149. The fraction of sp³-hybridized carbons (Fsp3) is 0.778. The Hall–Kier alpha value is -0.910. The van der Waals surface area contributed by atoms with E-state index in [1.54, 1.807) is 12.1 Å². The molecule has 0 radical (unpaired) electrons. The van der Waals surface area contributed by atoms with Gasteiger partial charge in [-0.3, -0.25) is 0 Å². The van der Waals surface area contributed by atoms with Gasteiger partial charge in [-0.1, -0.05) is 109 Å². The standard InChI is InChI=1S/C27H49NO3S/c1-4-5-6-7-8-9-10-11-12-13-14-15-16-17-18-19-24-28(2,3)25-26-20-22-27(23-21-26)32(29,30)31/h20-23H,4-19,24-25H2,1-3H3. The second-order valence-electron chi connectivity index (χ2n) is 10.2. The summed E-state index contributed by atoms with van der Waals surface area (Å²) >= 11 is 0. The molecule has 0 fully saturated rings. The van der Waals surface area contributed by atoms with Crippen LogP contribution in [0.25, 0.3) is 0 Å². The van der Waals surface area contributed by atoms with Crippen LogP contribution in [-0.2, 0) is 16.7 Å². The Bertz CT molecular complexity index is 683. The molecule has 0 N–H and O–H groups in total. The van der Waals surface area contributed by atoms with Gasteiger partial charge in [0.05, 0.1) is 25.5 Å². The molecule has 5 heteroatoms. The third-order valence-corrected chi connectivity index (χ3v) is 7.29. The number of nitrogens with zero attached hydrogens (tertiary/aromatic N) is 1. The van der Waals surface area contributed by atoms with Gasteiger partial charge in [0, 0.05) is 5.56 Å². The van der Waals surface area contributed by atoms with Crippen LogP contribution >= 0.6 is 0 Å². The highest BCUT2D eigenvalue weighted by Crippen LogP contribution is 2.17. The minimum absolute atomic E-state index is 0.149. The second kappa shape index (κ2) is 16.7. The van der Waals surface area contributed by atoms with Gasteiger partial charge in [-0.15, -0.1) is 0 Å². The van der Waals surface area contributed by atoms with Crippen LogP contribution in [0, 0.1) is 0 Å². The average Bonchev–Trinajstić information content (AvgIpc) is 2.73. The zero-order valence-electron chi connectivity index (χ0n) is 21.1. The van der Waals surface area contributed by atoms with Crippen molar-refractivity contribution in [2.24, 2.45) is 0 Å². The molecule has 0 heterocycles. The molecule has 1 aromatic rings. The van der Waals surface area contributed by atoms with Crippen LogP contribution in [0.2, 0.25) is 0 Å². The van der Waals surface area contributed by atoms with E-state index in [9.17, 15) is 13.0 Å². The number of hydrogen-bond donors (Lipinski definition) is 0. The van der Waals surface area contributed by atoms with E-state index in [0.717, 1.165) is 23.1 Å². The fourth-order valence-electron chi connectivity index (χ4n) is 4.42. The summed E-state index contributed by atoms with van der Waals surface area (Å²) in [6, 6.07) is 6.37. The van der Waals surface area contributed by atoms with Gasteiger partial charge in [0.2, 0.25) is 0 Å². The van der Waals surface area contributed by atoms with E-state index in [0.29, 0.717) is 0 Å². The van der Waals surface area contributed by atoms with Crippen molar-refractivity contribution in [3.05, 3.63) is 29.8 Å². The first-order valence-electron chi connectivity index (χ1n) is 13.1. The molecule has 0 bridgehead atoms. The summed E-state index contributed by atoms with van der Waals surface area (Å²) in [7, 11) is 0.0665. The Morgan fingerprint density at radius 3 is 1.41 bits per heavy atom. The molecule has 0 atom stereocenters. The van der Waals surface area contributed by atoms with Gasteiger partial charge in [-0.05, 0) is 25.0 Å². The molecule has 0 amide bonds. The molecule has 0 saturated carbocycles.